The van der Waals surface area contributed by atoms with E-state index in [0.29, 0.717) is 5.56 Å². The first kappa shape index (κ1) is 19.5. The number of cyclic esters (lactones) is 2. The summed E-state index contributed by atoms with van der Waals surface area (Å²) in [4.78, 5) is 40.4. The Morgan fingerprint density at radius 3 is 2.23 bits per heavy atom. The molecule has 0 saturated carbocycles. The maximum absolute atomic E-state index is 13.7. The molecule has 3 aliphatic heterocycles. The number of ketones is 1. The van der Waals surface area contributed by atoms with E-state index in [4.69, 9.17) is 9.47 Å². The minimum Gasteiger partial charge on any atom is -0.422 e. The van der Waals surface area contributed by atoms with E-state index in [-0.39, 0.29) is 5.78 Å². The first-order valence-corrected chi connectivity index (χ1v) is 10.2. The van der Waals surface area contributed by atoms with Gasteiger partial charge in [0, 0.05) is 19.8 Å². The second-order valence-electron chi connectivity index (χ2n) is 8.65. The fourth-order valence-corrected chi connectivity index (χ4v) is 5.20. The maximum Gasteiger partial charge on any atom is 0.330 e. The molecule has 158 valence electrons. The van der Waals surface area contributed by atoms with Crippen LogP contribution in [0.5, 0.6) is 0 Å². The van der Waals surface area contributed by atoms with Gasteiger partial charge in [0.1, 0.15) is 12.1 Å². The zero-order valence-electron chi connectivity index (χ0n) is 17.4. The van der Waals surface area contributed by atoms with Crippen LogP contribution in [0, 0.1) is 5.41 Å². The van der Waals surface area contributed by atoms with E-state index >= 15 is 0 Å². The van der Waals surface area contributed by atoms with E-state index in [1.807, 2.05) is 54.6 Å². The molecule has 2 fully saturated rings. The van der Waals surface area contributed by atoms with Crippen LogP contribution in [-0.4, -0.2) is 40.8 Å². The summed E-state index contributed by atoms with van der Waals surface area (Å²) in [6.45, 7) is 4.50. The third kappa shape index (κ3) is 2.59. The normalized spacial score (nSPS) is 27.3. The smallest absolute Gasteiger partial charge is 0.330 e. The Kier molecular flexibility index (Phi) is 4.09. The van der Waals surface area contributed by atoms with Crippen LogP contribution in [0.15, 0.2) is 59.7 Å². The van der Waals surface area contributed by atoms with E-state index in [2.05, 4.69) is 5.10 Å². The molecular formula is C24H22N2O5. The molecule has 1 spiro atoms. The molecule has 0 unspecified atom stereocenters. The van der Waals surface area contributed by atoms with Crippen molar-refractivity contribution in [1.82, 2.24) is 5.01 Å². The summed E-state index contributed by atoms with van der Waals surface area (Å²) in [6.07, 6.45) is 1.66. The second kappa shape index (κ2) is 6.51. The first-order chi connectivity index (χ1) is 14.8. The van der Waals surface area contributed by atoms with Crippen LogP contribution in [-0.2, 0) is 23.9 Å². The van der Waals surface area contributed by atoms with Gasteiger partial charge < -0.3 is 9.47 Å². The predicted molar refractivity (Wildman–Crippen MR) is 111 cm³/mol. The Morgan fingerprint density at radius 1 is 0.968 bits per heavy atom. The minimum absolute atomic E-state index is 0.197. The number of benzene rings is 2. The van der Waals surface area contributed by atoms with Gasteiger partial charge in [0.2, 0.25) is 5.41 Å². The van der Waals surface area contributed by atoms with Crippen LogP contribution in [0.4, 0.5) is 0 Å². The van der Waals surface area contributed by atoms with Gasteiger partial charge in [0.05, 0.1) is 6.21 Å². The number of fused-ring (bicyclic) bond motifs is 4. The third-order valence-corrected chi connectivity index (χ3v) is 6.34. The molecule has 31 heavy (non-hydrogen) atoms. The van der Waals surface area contributed by atoms with E-state index in [1.54, 1.807) is 11.2 Å². The van der Waals surface area contributed by atoms with Crippen molar-refractivity contribution in [2.75, 3.05) is 0 Å². The lowest BCUT2D eigenvalue weighted by Gasteiger charge is -2.44. The monoisotopic (exact) mass is 418 g/mol. The Balaban J connectivity index is 1.83. The van der Waals surface area contributed by atoms with Crippen molar-refractivity contribution in [1.29, 1.82) is 0 Å². The van der Waals surface area contributed by atoms with Crippen LogP contribution in [0.2, 0.25) is 0 Å². The van der Waals surface area contributed by atoms with Crippen molar-refractivity contribution in [3.63, 3.8) is 0 Å². The lowest BCUT2D eigenvalue weighted by Crippen LogP contribution is -2.58. The van der Waals surface area contributed by atoms with Crippen molar-refractivity contribution >= 4 is 23.9 Å². The molecule has 0 aromatic heterocycles. The number of Topliss-reactive ketones (excluding diaryl/α,β-unsaturated/α-hetero) is 1. The molecule has 0 radical (unpaired) electrons. The van der Waals surface area contributed by atoms with Crippen molar-refractivity contribution in [2.45, 2.75) is 44.6 Å². The number of ether oxygens (including phenoxy) is 2. The molecule has 0 amide bonds. The molecule has 2 aromatic carbocycles. The summed E-state index contributed by atoms with van der Waals surface area (Å²) < 4.78 is 11.3. The quantitative estimate of drug-likeness (QED) is 0.551. The minimum atomic E-state index is -1.78. The number of nitrogens with zero attached hydrogens (tertiary/aromatic N) is 2. The number of carbonyl (C=O) groups is 3. The average molecular weight is 418 g/mol. The van der Waals surface area contributed by atoms with Gasteiger partial charge in [-0.3, -0.25) is 19.4 Å². The average Bonchev–Trinajstić information content (AvgIpc) is 3.05. The molecule has 2 saturated heterocycles. The summed E-state index contributed by atoms with van der Waals surface area (Å²) in [7, 11) is 0. The molecule has 3 atom stereocenters. The summed E-state index contributed by atoms with van der Waals surface area (Å²) >= 11 is 0. The van der Waals surface area contributed by atoms with Gasteiger partial charge in [-0.05, 0) is 23.6 Å². The highest BCUT2D eigenvalue weighted by Crippen LogP contribution is 2.62. The van der Waals surface area contributed by atoms with Crippen molar-refractivity contribution in [2.24, 2.45) is 10.5 Å². The van der Waals surface area contributed by atoms with E-state index in [9.17, 15) is 14.4 Å². The van der Waals surface area contributed by atoms with E-state index in [0.717, 1.165) is 11.1 Å². The van der Waals surface area contributed by atoms with Crippen LogP contribution in [0.25, 0.3) is 0 Å². The zero-order chi connectivity index (χ0) is 22.0. The van der Waals surface area contributed by atoms with Crippen LogP contribution < -0.4 is 0 Å². The Hall–Kier alpha value is -3.48. The third-order valence-electron chi connectivity index (χ3n) is 6.34. The number of carbonyl (C=O) groups excluding carboxylic acids is 3. The summed E-state index contributed by atoms with van der Waals surface area (Å²) in [5.41, 5.74) is 0.417. The van der Waals surface area contributed by atoms with Crippen LogP contribution in [0.1, 0.15) is 49.4 Å². The van der Waals surface area contributed by atoms with Gasteiger partial charge in [-0.1, -0.05) is 54.6 Å². The highest BCUT2D eigenvalue weighted by Gasteiger charge is 2.74. The van der Waals surface area contributed by atoms with Gasteiger partial charge in [-0.15, -0.1) is 0 Å². The van der Waals surface area contributed by atoms with Crippen molar-refractivity contribution in [3.05, 3.63) is 71.3 Å². The Bertz CT molecular complexity index is 1100. The second-order valence-corrected chi connectivity index (χ2v) is 8.65. The van der Waals surface area contributed by atoms with Crippen molar-refractivity contribution < 1.29 is 23.9 Å². The number of hydrogen-bond acceptors (Lipinski definition) is 7. The van der Waals surface area contributed by atoms with E-state index in [1.165, 1.54) is 20.8 Å². The topological polar surface area (TPSA) is 85.3 Å². The number of hydrogen-bond donors (Lipinski definition) is 0. The van der Waals surface area contributed by atoms with Crippen LogP contribution in [0.3, 0.4) is 0 Å². The SMILES string of the molecule is CC(=O)[C@@H]1[C@H](c2ccccc2)C2(C(=O)OC(C)(C)OC2=O)[C@@H]2c3ccccc3C=NN12. The largest absolute Gasteiger partial charge is 0.422 e. The number of hydrazone groups is 1. The molecule has 2 aromatic rings. The van der Waals surface area contributed by atoms with Gasteiger partial charge in [0.15, 0.2) is 5.78 Å². The van der Waals surface area contributed by atoms with Gasteiger partial charge in [0.25, 0.3) is 5.79 Å². The van der Waals surface area contributed by atoms with Gasteiger partial charge in [-0.25, -0.2) is 0 Å². The van der Waals surface area contributed by atoms with Gasteiger partial charge in [-0.2, -0.15) is 5.10 Å². The lowest BCUT2D eigenvalue weighted by atomic mass is 9.65. The fraction of sp³-hybridized carbons (Fsp3) is 0.333. The standard InChI is InChI=1S/C24H22N2O5/c1-14(27)19-18(15-9-5-4-6-10-15)24(21(28)30-23(2,3)31-22(24)29)20-17-12-8-7-11-16(17)13-25-26(19)20/h4-13,18-20H,1-3H3/t18-,19+,20-/m0/s1. The fourth-order valence-electron chi connectivity index (χ4n) is 5.20. The molecule has 7 heteroatoms. The molecular weight excluding hydrogens is 396 g/mol. The molecule has 0 N–H and O–H groups in total. The molecule has 3 heterocycles. The molecule has 5 rings (SSSR count). The molecule has 7 nitrogen and oxygen atoms in total. The molecule has 0 bridgehead atoms. The van der Waals surface area contributed by atoms with E-state index < -0.39 is 41.1 Å². The summed E-state index contributed by atoms with van der Waals surface area (Å²) in [5, 5.41) is 6.12. The Morgan fingerprint density at radius 2 is 1.58 bits per heavy atom. The highest BCUT2D eigenvalue weighted by atomic mass is 16.7. The van der Waals surface area contributed by atoms with Crippen molar-refractivity contribution in [3.8, 4) is 0 Å². The van der Waals surface area contributed by atoms with Crippen LogP contribution >= 0.6 is 0 Å². The zero-order valence-corrected chi connectivity index (χ0v) is 17.4. The maximum atomic E-state index is 13.7. The summed E-state index contributed by atoms with van der Waals surface area (Å²) in [6, 6.07) is 14.9. The highest BCUT2D eigenvalue weighted by molar-refractivity contribution is 6.07. The van der Waals surface area contributed by atoms with Gasteiger partial charge >= 0.3 is 11.9 Å². The summed E-state index contributed by atoms with van der Waals surface area (Å²) in [5.74, 6) is -3.81. The number of esters is 2. The number of rotatable bonds is 2. The Labute approximate surface area is 179 Å². The first-order valence-electron chi connectivity index (χ1n) is 10.2. The lowest BCUT2D eigenvalue weighted by molar-refractivity contribution is -0.254. The molecule has 0 aliphatic carbocycles. The predicted octanol–water partition coefficient (Wildman–Crippen LogP) is 2.95. The molecule has 3 aliphatic rings.